The number of benzene rings is 1. The maximum Gasteiger partial charge on any atom is 0.408 e. The van der Waals surface area contributed by atoms with Crippen LogP contribution in [0.15, 0.2) is 24.3 Å². The second-order valence-corrected chi connectivity index (χ2v) is 5.49. The summed E-state index contributed by atoms with van der Waals surface area (Å²) in [5.41, 5.74) is -0.0539. The highest BCUT2D eigenvalue weighted by Crippen LogP contribution is 2.19. The first-order valence-corrected chi connectivity index (χ1v) is 6.46. The van der Waals surface area contributed by atoms with Crippen LogP contribution in [0.3, 0.4) is 0 Å². The standard InChI is InChI=1S/C14H20N2O5/c1-14(2,3)21-13(17)15-12(9-16(18)19)10-5-7-11(20-4)8-6-10/h5-8,12H,9H2,1-4H3,(H,15,17). The summed E-state index contributed by atoms with van der Waals surface area (Å²) in [5.74, 6) is 0.635. The molecule has 0 aromatic heterocycles. The first-order chi connectivity index (χ1) is 9.71. The summed E-state index contributed by atoms with van der Waals surface area (Å²) in [5, 5.41) is 13.3. The van der Waals surface area contributed by atoms with Crippen molar-refractivity contribution in [1.82, 2.24) is 5.32 Å². The summed E-state index contributed by atoms with van der Waals surface area (Å²) < 4.78 is 10.1. The Hall–Kier alpha value is -2.31. The van der Waals surface area contributed by atoms with Gasteiger partial charge in [-0.2, -0.15) is 0 Å². The minimum absolute atomic E-state index is 0.425. The van der Waals surface area contributed by atoms with E-state index in [1.165, 1.54) is 7.11 Å². The average Bonchev–Trinajstić information content (AvgIpc) is 2.35. The Morgan fingerprint density at radius 3 is 2.33 bits per heavy atom. The van der Waals surface area contributed by atoms with E-state index in [9.17, 15) is 14.9 Å². The molecule has 1 atom stereocenters. The molecule has 0 heterocycles. The van der Waals surface area contributed by atoms with Crippen LogP contribution in [-0.4, -0.2) is 30.3 Å². The number of nitrogens with one attached hydrogen (secondary N) is 1. The van der Waals surface area contributed by atoms with Gasteiger partial charge in [-0.1, -0.05) is 12.1 Å². The molecule has 1 amide bonds. The Labute approximate surface area is 123 Å². The van der Waals surface area contributed by atoms with Crippen LogP contribution in [0, 0.1) is 10.1 Å². The lowest BCUT2D eigenvalue weighted by Gasteiger charge is -2.22. The normalized spacial score (nSPS) is 12.4. The first kappa shape index (κ1) is 16.7. The van der Waals surface area contributed by atoms with Crippen LogP contribution in [0.2, 0.25) is 0 Å². The van der Waals surface area contributed by atoms with Crippen LogP contribution in [0.1, 0.15) is 32.4 Å². The van der Waals surface area contributed by atoms with E-state index in [2.05, 4.69) is 5.32 Å². The van der Waals surface area contributed by atoms with Crippen LogP contribution in [0.4, 0.5) is 4.79 Å². The number of carbonyl (C=O) groups is 1. The van der Waals surface area contributed by atoms with E-state index in [4.69, 9.17) is 9.47 Å². The van der Waals surface area contributed by atoms with Crippen molar-refractivity contribution in [1.29, 1.82) is 0 Å². The number of hydrogen-bond donors (Lipinski definition) is 1. The molecule has 21 heavy (non-hydrogen) atoms. The van der Waals surface area contributed by atoms with Gasteiger partial charge in [0.25, 0.3) is 0 Å². The largest absolute Gasteiger partial charge is 0.497 e. The van der Waals surface area contributed by atoms with Gasteiger partial charge >= 0.3 is 6.09 Å². The van der Waals surface area contributed by atoms with Crippen molar-refractivity contribution < 1.29 is 19.2 Å². The minimum atomic E-state index is -0.763. The van der Waals surface area contributed by atoms with Crippen molar-refractivity contribution in [3.05, 3.63) is 39.9 Å². The molecule has 1 rings (SSSR count). The highest BCUT2D eigenvalue weighted by molar-refractivity contribution is 5.68. The number of nitrogens with zero attached hydrogens (tertiary/aromatic N) is 1. The van der Waals surface area contributed by atoms with E-state index in [0.717, 1.165) is 0 Å². The molecule has 0 bridgehead atoms. The van der Waals surface area contributed by atoms with Crippen LogP contribution in [0.25, 0.3) is 0 Å². The van der Waals surface area contributed by atoms with Crippen molar-refractivity contribution in [2.45, 2.75) is 32.4 Å². The molecule has 1 unspecified atom stereocenters. The monoisotopic (exact) mass is 296 g/mol. The summed E-state index contributed by atoms with van der Waals surface area (Å²) in [7, 11) is 1.53. The summed E-state index contributed by atoms with van der Waals surface area (Å²) >= 11 is 0. The lowest BCUT2D eigenvalue weighted by atomic mass is 10.1. The number of methoxy groups -OCH3 is 1. The highest BCUT2D eigenvalue weighted by atomic mass is 16.6. The Kier molecular flexibility index (Phi) is 5.52. The summed E-state index contributed by atoms with van der Waals surface area (Å²) in [6.45, 7) is 4.75. The van der Waals surface area contributed by atoms with Crippen LogP contribution < -0.4 is 10.1 Å². The van der Waals surface area contributed by atoms with E-state index < -0.39 is 29.2 Å². The van der Waals surface area contributed by atoms with E-state index in [1.54, 1.807) is 45.0 Å². The number of alkyl carbamates (subject to hydrolysis) is 1. The van der Waals surface area contributed by atoms with Gasteiger partial charge in [0.1, 0.15) is 17.4 Å². The summed E-state index contributed by atoms with van der Waals surface area (Å²) in [4.78, 5) is 22.0. The third-order valence-corrected chi connectivity index (χ3v) is 2.54. The van der Waals surface area contributed by atoms with Crippen molar-refractivity contribution in [2.24, 2.45) is 0 Å². The van der Waals surface area contributed by atoms with E-state index in [-0.39, 0.29) is 0 Å². The smallest absolute Gasteiger partial charge is 0.408 e. The van der Waals surface area contributed by atoms with Gasteiger partial charge in [0.05, 0.1) is 7.11 Å². The highest BCUT2D eigenvalue weighted by Gasteiger charge is 2.23. The molecule has 0 radical (unpaired) electrons. The maximum atomic E-state index is 11.8. The van der Waals surface area contributed by atoms with Gasteiger partial charge in [0.15, 0.2) is 0 Å². The number of rotatable bonds is 5. The lowest BCUT2D eigenvalue weighted by Crippen LogP contribution is -2.37. The number of amides is 1. The van der Waals surface area contributed by atoms with Gasteiger partial charge in [-0.3, -0.25) is 10.1 Å². The fourth-order valence-electron chi connectivity index (χ4n) is 1.67. The second-order valence-electron chi connectivity index (χ2n) is 5.49. The summed E-state index contributed by atoms with van der Waals surface area (Å²) in [6.07, 6.45) is -0.690. The molecule has 1 N–H and O–H groups in total. The fourth-order valence-corrected chi connectivity index (χ4v) is 1.67. The SMILES string of the molecule is COc1ccc(C(C[N+](=O)[O-])NC(=O)OC(C)(C)C)cc1. The van der Waals surface area contributed by atoms with Crippen molar-refractivity contribution >= 4 is 6.09 Å². The van der Waals surface area contributed by atoms with Crippen molar-refractivity contribution in [2.75, 3.05) is 13.7 Å². The first-order valence-electron chi connectivity index (χ1n) is 6.46. The molecule has 0 fully saturated rings. The van der Waals surface area contributed by atoms with E-state index >= 15 is 0 Å². The molecule has 1 aromatic rings. The van der Waals surface area contributed by atoms with Crippen molar-refractivity contribution in [3.8, 4) is 5.75 Å². The molecular weight excluding hydrogens is 276 g/mol. The molecule has 0 saturated heterocycles. The molecule has 1 aromatic carbocycles. The molecule has 0 aliphatic carbocycles. The number of ether oxygens (including phenoxy) is 2. The third kappa shape index (κ3) is 6.11. The van der Waals surface area contributed by atoms with Crippen LogP contribution >= 0.6 is 0 Å². The molecular formula is C14H20N2O5. The van der Waals surface area contributed by atoms with E-state index in [0.29, 0.717) is 11.3 Å². The molecule has 0 aliphatic heterocycles. The predicted octanol–water partition coefficient (Wildman–Crippen LogP) is 2.54. The zero-order valence-corrected chi connectivity index (χ0v) is 12.6. The second kappa shape index (κ2) is 6.92. The molecule has 0 saturated carbocycles. The average molecular weight is 296 g/mol. The Balaban J connectivity index is 2.84. The quantitative estimate of drug-likeness (QED) is 0.666. The molecule has 7 heteroatoms. The summed E-state index contributed by atoms with van der Waals surface area (Å²) in [6, 6.07) is 5.94. The van der Waals surface area contributed by atoms with E-state index in [1.807, 2.05) is 0 Å². The predicted molar refractivity (Wildman–Crippen MR) is 77.0 cm³/mol. The molecule has 116 valence electrons. The number of carbonyl (C=O) groups excluding carboxylic acids is 1. The molecule has 0 aliphatic rings. The van der Waals surface area contributed by atoms with Gasteiger partial charge in [-0.05, 0) is 38.5 Å². The van der Waals surface area contributed by atoms with Gasteiger partial charge in [0.2, 0.25) is 6.54 Å². The fraction of sp³-hybridized carbons (Fsp3) is 0.500. The van der Waals surface area contributed by atoms with Crippen LogP contribution in [0.5, 0.6) is 5.75 Å². The zero-order chi connectivity index (χ0) is 16.0. The Morgan fingerprint density at radius 2 is 1.90 bits per heavy atom. The Bertz CT molecular complexity index is 493. The van der Waals surface area contributed by atoms with Gasteiger partial charge < -0.3 is 14.8 Å². The van der Waals surface area contributed by atoms with Gasteiger partial charge in [-0.15, -0.1) is 0 Å². The lowest BCUT2D eigenvalue weighted by molar-refractivity contribution is -0.484. The third-order valence-electron chi connectivity index (χ3n) is 2.54. The molecule has 0 spiro atoms. The topological polar surface area (TPSA) is 90.7 Å². The van der Waals surface area contributed by atoms with Crippen molar-refractivity contribution in [3.63, 3.8) is 0 Å². The zero-order valence-electron chi connectivity index (χ0n) is 12.6. The molecule has 7 nitrogen and oxygen atoms in total. The van der Waals surface area contributed by atoms with Gasteiger partial charge in [0, 0.05) is 4.92 Å². The number of nitro groups is 1. The van der Waals surface area contributed by atoms with Crippen LogP contribution in [-0.2, 0) is 4.74 Å². The number of hydrogen-bond acceptors (Lipinski definition) is 5. The minimum Gasteiger partial charge on any atom is -0.497 e. The van der Waals surface area contributed by atoms with Gasteiger partial charge in [-0.25, -0.2) is 4.79 Å². The maximum absolute atomic E-state index is 11.8. The Morgan fingerprint density at radius 1 is 1.33 bits per heavy atom.